The molecule has 0 bridgehead atoms. The van der Waals surface area contributed by atoms with Gasteiger partial charge in [-0.1, -0.05) is 24.8 Å². The van der Waals surface area contributed by atoms with Crippen molar-refractivity contribution in [1.82, 2.24) is 34.6 Å². The molecule has 8 heterocycles. The molecule has 5 saturated heterocycles. The van der Waals surface area contributed by atoms with Crippen LogP contribution >= 0.6 is 0 Å². The van der Waals surface area contributed by atoms with Gasteiger partial charge in [-0.2, -0.15) is 43.2 Å². The molecule has 0 spiro atoms. The summed E-state index contributed by atoms with van der Waals surface area (Å²) in [7, 11) is -12.1. The maximum Gasteiger partial charge on any atom is 0.534 e. The second-order valence-electron chi connectivity index (χ2n) is 32.0. The van der Waals surface area contributed by atoms with E-state index in [2.05, 4.69) is 29.9 Å². The van der Waals surface area contributed by atoms with Crippen LogP contribution in [0.1, 0.15) is 167 Å². The van der Waals surface area contributed by atoms with Gasteiger partial charge in [0.1, 0.15) is 28.2 Å². The van der Waals surface area contributed by atoms with E-state index >= 15 is 0 Å². The van der Waals surface area contributed by atoms with Crippen molar-refractivity contribution in [3.05, 3.63) is 124 Å². The number of ether oxygens (including phenoxy) is 4. The van der Waals surface area contributed by atoms with Crippen molar-refractivity contribution in [2.45, 2.75) is 169 Å². The predicted octanol–water partition coefficient (Wildman–Crippen LogP) is 11.6. The third-order valence-electron chi connectivity index (χ3n) is 18.0. The number of aromatic nitrogens is 3. The van der Waals surface area contributed by atoms with E-state index in [-0.39, 0.29) is 55.6 Å². The molecule has 7 amide bonds. The number of rotatable bonds is 11. The quantitative estimate of drug-likeness (QED) is 0.0175. The third kappa shape index (κ3) is 22.1. The molecule has 5 aliphatic heterocycles. The van der Waals surface area contributed by atoms with E-state index in [4.69, 9.17) is 45.5 Å². The van der Waals surface area contributed by atoms with E-state index in [9.17, 15) is 81.5 Å². The Hall–Kier alpha value is -10.3. The van der Waals surface area contributed by atoms with E-state index in [1.165, 1.54) is 10.5 Å². The molecule has 5 aliphatic rings. The van der Waals surface area contributed by atoms with Gasteiger partial charge in [0.2, 0.25) is 0 Å². The highest BCUT2D eigenvalue weighted by atomic mass is 32.2. The fraction of sp³-hybridized carbons (Fsp3) is 0.486. The van der Waals surface area contributed by atoms with E-state index in [0.29, 0.717) is 42.9 Å². The summed E-state index contributed by atoms with van der Waals surface area (Å²) in [6.07, 6.45) is 3.40. The molecular formula is C74H95BF6N10O20S2. The lowest BCUT2D eigenvalue weighted by Gasteiger charge is -2.41. The fourth-order valence-corrected chi connectivity index (χ4v) is 12.3. The molecule has 3 aromatic heterocycles. The zero-order valence-electron chi connectivity index (χ0n) is 65.8. The number of nitrogens with two attached hydrogens (primary N) is 3. The highest BCUT2D eigenvalue weighted by molar-refractivity contribution is 7.88. The summed E-state index contributed by atoms with van der Waals surface area (Å²) in [4.78, 5) is 108. The number of hydrogen-bond donors (Lipinski definition) is 6. The monoisotopic (exact) mass is 1630 g/mol. The summed E-state index contributed by atoms with van der Waals surface area (Å²) in [5.74, 6) is -4.27. The fourth-order valence-electron chi connectivity index (χ4n) is 11.3. The summed E-state index contributed by atoms with van der Waals surface area (Å²) in [5.41, 5.74) is 11.9. The Labute approximate surface area is 649 Å². The Kier molecular flexibility index (Phi) is 26.3. The first-order chi connectivity index (χ1) is 51.5. The average Bonchev–Trinajstić information content (AvgIpc) is 1.60. The minimum Gasteiger partial charge on any atom is -0.444 e. The van der Waals surface area contributed by atoms with Crippen molar-refractivity contribution in [3.63, 3.8) is 0 Å². The molecule has 39 heteroatoms. The minimum absolute atomic E-state index is 0.0336. The Morgan fingerprint density at radius 3 is 1.14 bits per heavy atom. The number of allylic oxidation sites excluding steroid dienone is 2. The number of halogens is 6. The summed E-state index contributed by atoms with van der Waals surface area (Å²) in [5, 5.41) is 2.76. The van der Waals surface area contributed by atoms with Crippen molar-refractivity contribution in [3.8, 4) is 0 Å². The van der Waals surface area contributed by atoms with Crippen LogP contribution in [0.4, 0.5) is 45.5 Å². The SMILES string of the molecule is C=C(c1ccc(C(N)=O)c2[nH]ccc12)C1CN(C(=O)OC(C)(C)C)C1.CC(=C1CN(C(=O)OC(C)(C)C)C1)c1ccc(C(N)=O)c2[nH]ccc12.CC(C)(C)OC(=O)N1CC(C(=O)OS(=O)(=O)C(F)(F)F)C1.CC(OS(=O)(=O)C(F)(F)F)=C1CN(C(=O)OC(C)(C)C)C1.CC1(C)OB(c2ccc(C(N)=O)c3[nH]ccc23)OC1(C)C. The second kappa shape index (κ2) is 33.0. The van der Waals surface area contributed by atoms with Gasteiger partial charge in [0.25, 0.3) is 17.7 Å². The van der Waals surface area contributed by atoms with Crippen molar-refractivity contribution in [1.29, 1.82) is 0 Å². The molecule has 0 unspecified atom stereocenters. The summed E-state index contributed by atoms with van der Waals surface area (Å²) in [6, 6.07) is 16.5. The summed E-state index contributed by atoms with van der Waals surface area (Å²) >= 11 is 0. The predicted molar refractivity (Wildman–Crippen MR) is 406 cm³/mol. The molecule has 618 valence electrons. The molecule has 5 fully saturated rings. The number of hydrogen-bond acceptors (Lipinski definition) is 20. The number of amides is 7. The van der Waals surface area contributed by atoms with E-state index < -0.39 is 114 Å². The minimum atomic E-state index is -5.97. The first kappa shape index (κ1) is 89.9. The van der Waals surface area contributed by atoms with Crippen LogP contribution < -0.4 is 22.7 Å². The number of nitrogens with one attached hydrogen (secondary N) is 3. The lowest BCUT2D eigenvalue weighted by molar-refractivity contribution is -0.145. The zero-order valence-corrected chi connectivity index (χ0v) is 67.4. The molecule has 0 saturated carbocycles. The number of aromatic amines is 3. The van der Waals surface area contributed by atoms with Crippen LogP contribution in [0.2, 0.25) is 0 Å². The van der Waals surface area contributed by atoms with Crippen molar-refractivity contribution < 1.29 is 118 Å². The second-order valence-corrected chi connectivity index (χ2v) is 35.1. The maximum absolute atomic E-state index is 12.1. The third-order valence-corrected chi connectivity index (χ3v) is 20.0. The van der Waals surface area contributed by atoms with E-state index in [1.807, 2.05) is 113 Å². The van der Waals surface area contributed by atoms with E-state index in [1.54, 1.807) is 88.1 Å². The topological polar surface area (TPSA) is 417 Å². The van der Waals surface area contributed by atoms with Gasteiger partial charge in [-0.25, -0.2) is 19.2 Å². The van der Waals surface area contributed by atoms with E-state index in [0.717, 1.165) is 72.3 Å². The van der Waals surface area contributed by atoms with Gasteiger partial charge in [0.05, 0.1) is 63.4 Å². The van der Waals surface area contributed by atoms with Gasteiger partial charge in [-0.3, -0.25) is 24.1 Å². The Morgan fingerprint density at radius 2 is 0.770 bits per heavy atom. The molecule has 9 N–H and O–H groups in total. The van der Waals surface area contributed by atoms with Gasteiger partial charge in [-0.15, -0.1) is 0 Å². The van der Waals surface area contributed by atoms with Crippen LogP contribution in [0.15, 0.2) is 96.7 Å². The van der Waals surface area contributed by atoms with Crippen LogP contribution in [0.3, 0.4) is 0 Å². The number of fused-ring (bicyclic) bond motifs is 3. The Balaban J connectivity index is 0.000000196. The largest absolute Gasteiger partial charge is 0.534 e. The van der Waals surface area contributed by atoms with Gasteiger partial charge in [0, 0.05) is 80.1 Å². The highest BCUT2D eigenvalue weighted by Crippen LogP contribution is 2.40. The molecular weight excluding hydrogens is 1540 g/mol. The lowest BCUT2D eigenvalue weighted by Crippen LogP contribution is -2.55. The number of primary amides is 3. The van der Waals surface area contributed by atoms with Gasteiger partial charge in [-0.05, 0) is 200 Å². The van der Waals surface area contributed by atoms with Crippen LogP contribution in [-0.2, 0) is 61.7 Å². The maximum atomic E-state index is 12.1. The molecule has 113 heavy (non-hydrogen) atoms. The standard InChI is InChI=1S/2C19H23N3O3.C15H19BN2O3.C11H16F3NO5S.C10H14F3NO6S/c2*1-11(12-9-22(10-12)18(24)25-19(2,3)4)13-5-6-15(17(20)23)16-14(13)7-8-21-16;1-14(2)15(3,4)21-16(20-14)11-6-5-10(13(17)19)12-9(11)7-8-18-12;1-7(20-21(17,18)11(12,13)14)8-5-15(6-8)9(16)19-10(2,3)4;1-9(2,3)19-8(16)14-4-6(5-14)7(15)20-21(17,18)10(11,12)13/h5-8,21H,9-10H2,1-4H3,(H2,20,23);5-8,12,21H,1,9-10H2,2-4H3,(H2,20,23);5-8,18H,1-4H3,(H2,17,19);5-6H2,1-4H3;6H,4-5H2,1-3H3. The Morgan fingerprint density at radius 1 is 0.460 bits per heavy atom. The van der Waals surface area contributed by atoms with Crippen molar-refractivity contribution in [2.75, 3.05) is 52.4 Å². The van der Waals surface area contributed by atoms with Gasteiger partial charge in [0.15, 0.2) is 0 Å². The highest BCUT2D eigenvalue weighted by Gasteiger charge is 2.54. The number of benzene rings is 3. The first-order valence-electron chi connectivity index (χ1n) is 35.1. The molecule has 0 aliphatic carbocycles. The van der Waals surface area contributed by atoms with Crippen molar-refractivity contribution in [2.24, 2.45) is 29.0 Å². The van der Waals surface area contributed by atoms with Crippen molar-refractivity contribution >= 4 is 125 Å². The number of likely N-dealkylation sites (tertiary alicyclic amines) is 4. The number of carbonyl (C=O) groups excluding carboxylic acids is 8. The van der Waals surface area contributed by atoms with Crippen LogP contribution in [-0.4, -0.2) is 204 Å². The smallest absolute Gasteiger partial charge is 0.444 e. The Bertz CT molecular complexity index is 4960. The summed E-state index contributed by atoms with van der Waals surface area (Å²) < 4.78 is 156. The zero-order chi connectivity index (χ0) is 85.4. The van der Waals surface area contributed by atoms with Crippen LogP contribution in [0, 0.1) is 11.8 Å². The average molecular weight is 1630 g/mol. The molecule has 30 nitrogen and oxygen atoms in total. The number of H-pyrrole nitrogens is 3. The number of alkyl halides is 6. The normalized spacial score (nSPS) is 16.5. The number of nitrogens with zero attached hydrogens (tertiary/aromatic N) is 4. The van der Waals surface area contributed by atoms with Crippen LogP contribution in [0.25, 0.3) is 43.9 Å². The molecule has 0 radical (unpaired) electrons. The van der Waals surface area contributed by atoms with Crippen LogP contribution in [0.5, 0.6) is 0 Å². The lowest BCUT2D eigenvalue weighted by atomic mass is 9.76. The molecule has 11 rings (SSSR count). The first-order valence-corrected chi connectivity index (χ1v) is 37.9. The summed E-state index contributed by atoms with van der Waals surface area (Å²) in [6.45, 7) is 38.1. The molecule has 0 atom stereocenters. The molecule has 3 aromatic carbocycles. The number of carbonyl (C=O) groups is 8. The van der Waals surface area contributed by atoms with Gasteiger partial charge < -0.3 is 83.5 Å². The van der Waals surface area contributed by atoms with Gasteiger partial charge >= 0.3 is 68.7 Å². The molecule has 6 aromatic rings.